The normalized spacial score (nSPS) is 17.2. The Morgan fingerprint density at radius 3 is 2.79 bits per heavy atom. The van der Waals surface area contributed by atoms with E-state index in [0.29, 0.717) is 13.0 Å². The Balaban J connectivity index is 1.79. The summed E-state index contributed by atoms with van der Waals surface area (Å²) in [5.41, 5.74) is 3.49. The van der Waals surface area contributed by atoms with Crippen LogP contribution in [-0.2, 0) is 13.0 Å². The first-order valence-corrected chi connectivity index (χ1v) is 8.47. The van der Waals surface area contributed by atoms with Gasteiger partial charge in [-0.05, 0) is 31.0 Å². The topological polar surface area (TPSA) is 50.7 Å². The first kappa shape index (κ1) is 16.8. The lowest BCUT2D eigenvalue weighted by atomic mass is 10.0. The number of rotatable bonds is 7. The van der Waals surface area contributed by atoms with Crippen molar-refractivity contribution in [2.24, 2.45) is 0 Å². The van der Waals surface area contributed by atoms with Crippen molar-refractivity contribution in [3.05, 3.63) is 59.2 Å². The minimum atomic E-state index is 0.108. The van der Waals surface area contributed by atoms with Gasteiger partial charge >= 0.3 is 0 Å². The maximum atomic E-state index is 9.38. The fourth-order valence-corrected chi connectivity index (χ4v) is 3.26. The third kappa shape index (κ3) is 3.71. The Labute approximate surface area is 143 Å². The second-order valence-corrected chi connectivity index (χ2v) is 6.26. The van der Waals surface area contributed by atoms with Crippen molar-refractivity contribution in [2.45, 2.75) is 38.5 Å². The molecule has 4 nitrogen and oxygen atoms in total. The number of hydrogen-bond acceptors (Lipinski definition) is 4. The van der Waals surface area contributed by atoms with Gasteiger partial charge in [0, 0.05) is 36.7 Å². The van der Waals surface area contributed by atoms with Crippen molar-refractivity contribution in [3.63, 3.8) is 0 Å². The highest BCUT2D eigenvalue weighted by molar-refractivity contribution is 5.49. The minimum Gasteiger partial charge on any atom is -0.497 e. The van der Waals surface area contributed by atoms with Crippen LogP contribution in [0.5, 0.6) is 11.5 Å². The quantitative estimate of drug-likeness (QED) is 0.820. The van der Waals surface area contributed by atoms with E-state index in [1.807, 2.05) is 24.3 Å². The Kier molecular flexibility index (Phi) is 5.38. The van der Waals surface area contributed by atoms with Gasteiger partial charge in [0.1, 0.15) is 17.6 Å². The summed E-state index contributed by atoms with van der Waals surface area (Å²) < 4.78 is 11.4. The summed E-state index contributed by atoms with van der Waals surface area (Å²) in [5.74, 6) is 1.84. The molecule has 2 aromatic carbocycles. The zero-order valence-corrected chi connectivity index (χ0v) is 14.3. The van der Waals surface area contributed by atoms with E-state index < -0.39 is 0 Å². The molecule has 1 aliphatic heterocycles. The van der Waals surface area contributed by atoms with Gasteiger partial charge in [-0.2, -0.15) is 0 Å². The molecular formula is C20H25NO3. The monoisotopic (exact) mass is 327 g/mol. The molecule has 1 aliphatic rings. The third-order valence-electron chi connectivity index (χ3n) is 4.44. The van der Waals surface area contributed by atoms with Crippen LogP contribution < -0.4 is 14.8 Å². The van der Waals surface area contributed by atoms with Crippen LogP contribution in [0.2, 0.25) is 0 Å². The average molecular weight is 327 g/mol. The molecule has 0 saturated carbocycles. The lowest BCUT2D eigenvalue weighted by Gasteiger charge is -2.20. The van der Waals surface area contributed by atoms with Crippen molar-refractivity contribution < 1.29 is 14.6 Å². The van der Waals surface area contributed by atoms with Crippen LogP contribution in [-0.4, -0.2) is 24.9 Å². The smallest absolute Gasteiger partial charge is 0.127 e. The van der Waals surface area contributed by atoms with Gasteiger partial charge in [0.05, 0.1) is 7.11 Å². The molecule has 128 valence electrons. The lowest BCUT2D eigenvalue weighted by Crippen LogP contribution is -2.22. The van der Waals surface area contributed by atoms with Gasteiger partial charge < -0.3 is 19.9 Å². The fourth-order valence-electron chi connectivity index (χ4n) is 3.26. The molecular weight excluding hydrogens is 302 g/mol. The molecule has 0 aliphatic carbocycles. The molecule has 1 unspecified atom stereocenters. The number of nitrogens with one attached hydrogen (secondary N) is 1. The van der Waals surface area contributed by atoms with Gasteiger partial charge in [0.2, 0.25) is 0 Å². The van der Waals surface area contributed by atoms with Gasteiger partial charge in [-0.15, -0.1) is 0 Å². The molecule has 0 radical (unpaired) electrons. The van der Waals surface area contributed by atoms with E-state index >= 15 is 0 Å². The zero-order valence-electron chi connectivity index (χ0n) is 14.3. The summed E-state index contributed by atoms with van der Waals surface area (Å²) in [6, 6.07) is 14.4. The van der Waals surface area contributed by atoms with Crippen LogP contribution in [0.15, 0.2) is 42.5 Å². The predicted octanol–water partition coefficient (Wildman–Crippen LogP) is 3.23. The fraction of sp³-hybridized carbons (Fsp3) is 0.400. The van der Waals surface area contributed by atoms with Crippen molar-refractivity contribution in [3.8, 4) is 11.5 Å². The summed E-state index contributed by atoms with van der Waals surface area (Å²) in [6.45, 7) is 2.91. The van der Waals surface area contributed by atoms with Crippen molar-refractivity contribution in [2.75, 3.05) is 13.7 Å². The molecule has 2 N–H and O–H groups in total. The highest BCUT2D eigenvalue weighted by atomic mass is 16.5. The molecule has 0 amide bonds. The number of aliphatic hydroxyl groups is 1. The van der Waals surface area contributed by atoms with E-state index in [0.717, 1.165) is 23.5 Å². The molecule has 0 spiro atoms. The van der Waals surface area contributed by atoms with E-state index in [1.54, 1.807) is 7.11 Å². The number of aliphatic hydroxyl groups excluding tert-OH is 1. The summed E-state index contributed by atoms with van der Waals surface area (Å²) in [5, 5.41) is 12.9. The molecule has 3 rings (SSSR count). The van der Waals surface area contributed by atoms with Crippen LogP contribution in [0.3, 0.4) is 0 Å². The first-order valence-electron chi connectivity index (χ1n) is 8.47. The number of hydrogen-bond donors (Lipinski definition) is 2. The standard InChI is InChI=1S/C20H25NO3/c1-14-10-16-11-18(23-2)12-17(20(16)24-14)13-21-19(8-9-22)15-6-4-3-5-7-15/h3-7,11-12,14,19,21-22H,8-10,13H2,1-2H3/t14?,19-/m1/s1. The van der Waals surface area contributed by atoms with Crippen LogP contribution in [0.4, 0.5) is 0 Å². The van der Waals surface area contributed by atoms with Crippen molar-refractivity contribution in [1.82, 2.24) is 5.32 Å². The largest absolute Gasteiger partial charge is 0.497 e. The highest BCUT2D eigenvalue weighted by Crippen LogP contribution is 2.36. The minimum absolute atomic E-state index is 0.108. The molecule has 2 aromatic rings. The van der Waals surface area contributed by atoms with Gasteiger partial charge in [-0.25, -0.2) is 0 Å². The van der Waals surface area contributed by atoms with Gasteiger partial charge in [0.25, 0.3) is 0 Å². The maximum Gasteiger partial charge on any atom is 0.127 e. The number of fused-ring (bicyclic) bond motifs is 1. The van der Waals surface area contributed by atoms with Crippen LogP contribution in [0.25, 0.3) is 0 Å². The SMILES string of the molecule is COc1cc(CN[C@H](CCO)c2ccccc2)c2c(c1)CC(C)O2. The molecule has 1 heterocycles. The van der Waals surface area contributed by atoms with E-state index in [2.05, 4.69) is 30.4 Å². The van der Waals surface area contributed by atoms with Gasteiger partial charge in [-0.3, -0.25) is 0 Å². The molecule has 0 fully saturated rings. The number of benzene rings is 2. The summed E-state index contributed by atoms with van der Waals surface area (Å²) in [7, 11) is 1.69. The van der Waals surface area contributed by atoms with Gasteiger partial charge in [-0.1, -0.05) is 30.3 Å². The molecule has 24 heavy (non-hydrogen) atoms. The molecule has 4 heteroatoms. The second kappa shape index (κ2) is 7.69. The molecule has 2 atom stereocenters. The zero-order chi connectivity index (χ0) is 16.9. The van der Waals surface area contributed by atoms with Crippen molar-refractivity contribution in [1.29, 1.82) is 0 Å². The van der Waals surface area contributed by atoms with Gasteiger partial charge in [0.15, 0.2) is 0 Å². The Bertz CT molecular complexity index is 672. The second-order valence-electron chi connectivity index (χ2n) is 6.26. The maximum absolute atomic E-state index is 9.38. The predicted molar refractivity (Wildman–Crippen MR) is 94.5 cm³/mol. The summed E-state index contributed by atoms with van der Waals surface area (Å²) in [6.07, 6.45) is 1.79. The molecule has 0 bridgehead atoms. The average Bonchev–Trinajstić information content (AvgIpc) is 2.99. The van der Waals surface area contributed by atoms with Crippen LogP contribution >= 0.6 is 0 Å². The Morgan fingerprint density at radius 1 is 1.29 bits per heavy atom. The number of methoxy groups -OCH3 is 1. The van der Waals surface area contributed by atoms with Crippen LogP contribution in [0.1, 0.15) is 36.1 Å². The van der Waals surface area contributed by atoms with Crippen molar-refractivity contribution >= 4 is 0 Å². The highest BCUT2D eigenvalue weighted by Gasteiger charge is 2.24. The third-order valence-corrected chi connectivity index (χ3v) is 4.44. The lowest BCUT2D eigenvalue weighted by molar-refractivity contribution is 0.250. The summed E-state index contributed by atoms with van der Waals surface area (Å²) >= 11 is 0. The van der Waals surface area contributed by atoms with E-state index in [1.165, 1.54) is 11.1 Å². The Morgan fingerprint density at radius 2 is 2.08 bits per heavy atom. The van der Waals surface area contributed by atoms with E-state index in [4.69, 9.17) is 9.47 Å². The summed E-state index contributed by atoms with van der Waals surface area (Å²) in [4.78, 5) is 0. The molecule has 0 aromatic heterocycles. The van der Waals surface area contributed by atoms with E-state index in [-0.39, 0.29) is 18.8 Å². The Hall–Kier alpha value is -2.04. The van der Waals surface area contributed by atoms with Crippen LogP contribution in [0, 0.1) is 0 Å². The molecule has 0 saturated heterocycles. The number of ether oxygens (including phenoxy) is 2. The first-order chi connectivity index (χ1) is 11.7. The van der Waals surface area contributed by atoms with E-state index in [9.17, 15) is 5.11 Å².